The van der Waals surface area contributed by atoms with Crippen LogP contribution in [0.15, 0.2) is 41.8 Å². The number of imidazole rings is 1. The molecule has 21 heavy (non-hydrogen) atoms. The number of rotatable bonds is 3. The maximum Gasteiger partial charge on any atom is 0.283 e. The van der Waals surface area contributed by atoms with E-state index in [1.165, 1.54) is 4.31 Å². The largest absolute Gasteiger partial charge is 0.336 e. The van der Waals surface area contributed by atoms with E-state index < -0.39 is 10.0 Å². The van der Waals surface area contributed by atoms with Crippen LogP contribution < -0.4 is 9.62 Å². The lowest BCUT2D eigenvalue weighted by Crippen LogP contribution is -2.35. The standard InChI is InChI=1S/C14H18N4O2S/c1-2-17-10-14(16-11-17)21(19,20)18-8-7-15-9-12-5-3-4-6-13(12)18/h3-6,10-11,15H,2,7-9H2,1H3. The van der Waals surface area contributed by atoms with E-state index >= 15 is 0 Å². The van der Waals surface area contributed by atoms with Crippen molar-refractivity contribution in [3.8, 4) is 0 Å². The first-order chi connectivity index (χ1) is 10.1. The summed E-state index contributed by atoms with van der Waals surface area (Å²) in [5.41, 5.74) is 1.71. The summed E-state index contributed by atoms with van der Waals surface area (Å²) < 4.78 is 28.9. The highest BCUT2D eigenvalue weighted by molar-refractivity contribution is 7.92. The molecule has 0 saturated carbocycles. The Kier molecular flexibility index (Phi) is 3.69. The molecule has 6 nitrogen and oxygen atoms in total. The third-order valence-electron chi connectivity index (χ3n) is 3.60. The zero-order valence-electron chi connectivity index (χ0n) is 11.9. The molecule has 1 aliphatic heterocycles. The number of fused-ring (bicyclic) bond motifs is 1. The van der Waals surface area contributed by atoms with E-state index in [1.807, 2.05) is 31.2 Å². The number of anilines is 1. The molecule has 0 aliphatic carbocycles. The molecule has 0 saturated heterocycles. The van der Waals surface area contributed by atoms with Crippen LogP contribution in [0, 0.1) is 0 Å². The van der Waals surface area contributed by atoms with E-state index in [9.17, 15) is 8.42 Å². The molecule has 0 bridgehead atoms. The van der Waals surface area contributed by atoms with Gasteiger partial charge in [0.15, 0.2) is 5.03 Å². The summed E-state index contributed by atoms with van der Waals surface area (Å²) in [6.45, 7) is 4.33. The van der Waals surface area contributed by atoms with Gasteiger partial charge in [-0.1, -0.05) is 18.2 Å². The van der Waals surface area contributed by atoms with Gasteiger partial charge < -0.3 is 9.88 Å². The average molecular weight is 306 g/mol. The number of aryl methyl sites for hydroxylation is 1. The second-order valence-corrected chi connectivity index (χ2v) is 6.73. The van der Waals surface area contributed by atoms with Crippen LogP contribution in [0.1, 0.15) is 12.5 Å². The van der Waals surface area contributed by atoms with E-state index in [-0.39, 0.29) is 5.03 Å². The first-order valence-corrected chi connectivity index (χ1v) is 8.40. The number of aromatic nitrogens is 2. The second kappa shape index (κ2) is 5.50. The normalized spacial score (nSPS) is 15.6. The second-order valence-electron chi connectivity index (χ2n) is 4.93. The molecule has 1 aliphatic rings. The Labute approximate surface area is 124 Å². The summed E-state index contributed by atoms with van der Waals surface area (Å²) in [4.78, 5) is 4.05. The molecule has 2 heterocycles. The number of para-hydroxylation sites is 1. The molecule has 2 aromatic rings. The van der Waals surface area contributed by atoms with Gasteiger partial charge in [0.1, 0.15) is 0 Å². The van der Waals surface area contributed by atoms with Gasteiger partial charge in [-0.2, -0.15) is 8.42 Å². The minimum atomic E-state index is -3.63. The predicted octanol–water partition coefficient (Wildman–Crippen LogP) is 1.20. The van der Waals surface area contributed by atoms with Crippen molar-refractivity contribution in [2.75, 3.05) is 17.4 Å². The molecular weight excluding hydrogens is 288 g/mol. The van der Waals surface area contributed by atoms with E-state index in [2.05, 4.69) is 10.3 Å². The lowest BCUT2D eigenvalue weighted by atomic mass is 10.2. The summed E-state index contributed by atoms with van der Waals surface area (Å²) >= 11 is 0. The third-order valence-corrected chi connectivity index (χ3v) is 5.30. The van der Waals surface area contributed by atoms with E-state index in [4.69, 9.17) is 0 Å². The van der Waals surface area contributed by atoms with Gasteiger partial charge in [0.25, 0.3) is 10.0 Å². The fourth-order valence-corrected chi connectivity index (χ4v) is 3.88. The highest BCUT2D eigenvalue weighted by atomic mass is 32.2. The molecule has 0 radical (unpaired) electrons. The van der Waals surface area contributed by atoms with Gasteiger partial charge in [-0.25, -0.2) is 4.98 Å². The quantitative estimate of drug-likeness (QED) is 0.925. The van der Waals surface area contributed by atoms with Crippen molar-refractivity contribution in [1.29, 1.82) is 0 Å². The van der Waals surface area contributed by atoms with Gasteiger partial charge in [-0.15, -0.1) is 0 Å². The van der Waals surface area contributed by atoms with Gasteiger partial charge in [-0.05, 0) is 18.6 Å². The van der Waals surface area contributed by atoms with E-state index in [0.29, 0.717) is 26.2 Å². The number of nitrogens with one attached hydrogen (secondary N) is 1. The molecule has 1 aromatic carbocycles. The first-order valence-electron chi connectivity index (χ1n) is 6.96. The molecule has 0 spiro atoms. The predicted molar refractivity (Wildman–Crippen MR) is 80.6 cm³/mol. The van der Waals surface area contributed by atoms with Gasteiger partial charge in [-0.3, -0.25) is 4.31 Å². The maximum absolute atomic E-state index is 12.9. The minimum Gasteiger partial charge on any atom is -0.336 e. The number of benzene rings is 1. The number of hydrogen-bond acceptors (Lipinski definition) is 4. The summed E-state index contributed by atoms with van der Waals surface area (Å²) in [6, 6.07) is 7.57. The SMILES string of the molecule is CCn1cnc(S(=O)(=O)N2CCNCc3ccccc32)c1. The fourth-order valence-electron chi connectivity index (χ4n) is 2.44. The van der Waals surface area contributed by atoms with Crippen LogP contribution in [0.25, 0.3) is 0 Å². The summed E-state index contributed by atoms with van der Waals surface area (Å²) in [5.74, 6) is 0. The topological polar surface area (TPSA) is 67.2 Å². The zero-order valence-corrected chi connectivity index (χ0v) is 12.7. The molecule has 1 aromatic heterocycles. The molecule has 0 atom stereocenters. The molecular formula is C14H18N4O2S. The van der Waals surface area contributed by atoms with Gasteiger partial charge >= 0.3 is 0 Å². The summed E-state index contributed by atoms with van der Waals surface area (Å²) in [7, 11) is -3.63. The highest BCUT2D eigenvalue weighted by Gasteiger charge is 2.29. The Bertz CT molecular complexity index is 739. The Morgan fingerprint density at radius 1 is 1.33 bits per heavy atom. The van der Waals surface area contributed by atoms with Crippen molar-refractivity contribution >= 4 is 15.7 Å². The van der Waals surface area contributed by atoms with E-state index in [0.717, 1.165) is 11.3 Å². The van der Waals surface area contributed by atoms with Gasteiger partial charge in [0.05, 0.1) is 12.0 Å². The van der Waals surface area contributed by atoms with Crippen molar-refractivity contribution in [2.45, 2.75) is 25.0 Å². The van der Waals surface area contributed by atoms with E-state index in [1.54, 1.807) is 17.1 Å². The van der Waals surface area contributed by atoms with Crippen LogP contribution >= 0.6 is 0 Å². The maximum atomic E-state index is 12.9. The van der Waals surface area contributed by atoms with Crippen molar-refractivity contribution in [1.82, 2.24) is 14.9 Å². The average Bonchev–Trinajstić information content (AvgIpc) is 2.87. The number of nitrogens with zero attached hydrogens (tertiary/aromatic N) is 3. The van der Waals surface area contributed by atoms with Gasteiger partial charge in [0, 0.05) is 32.4 Å². The zero-order chi connectivity index (χ0) is 14.9. The number of sulfonamides is 1. The van der Waals surface area contributed by atoms with Crippen molar-refractivity contribution in [3.63, 3.8) is 0 Å². The Balaban J connectivity index is 2.06. The third kappa shape index (κ3) is 2.54. The highest BCUT2D eigenvalue weighted by Crippen LogP contribution is 2.27. The van der Waals surface area contributed by atoms with Crippen LogP contribution in [0.4, 0.5) is 5.69 Å². The molecule has 7 heteroatoms. The first kappa shape index (κ1) is 14.1. The molecule has 0 fully saturated rings. The van der Waals surface area contributed by atoms with Crippen molar-refractivity contribution < 1.29 is 8.42 Å². The van der Waals surface area contributed by atoms with Crippen LogP contribution in [0.5, 0.6) is 0 Å². The van der Waals surface area contributed by atoms with Crippen LogP contribution in [0.2, 0.25) is 0 Å². The molecule has 0 unspecified atom stereocenters. The molecule has 112 valence electrons. The lowest BCUT2D eigenvalue weighted by molar-refractivity contribution is 0.586. The summed E-state index contributed by atoms with van der Waals surface area (Å²) in [6.07, 6.45) is 3.13. The van der Waals surface area contributed by atoms with Crippen LogP contribution in [0.3, 0.4) is 0 Å². The van der Waals surface area contributed by atoms with Gasteiger partial charge in [0.2, 0.25) is 0 Å². The fraction of sp³-hybridized carbons (Fsp3) is 0.357. The number of hydrogen-bond donors (Lipinski definition) is 1. The molecule has 3 rings (SSSR count). The monoisotopic (exact) mass is 306 g/mol. The molecule has 0 amide bonds. The minimum absolute atomic E-state index is 0.0982. The Hall–Kier alpha value is -1.86. The smallest absolute Gasteiger partial charge is 0.283 e. The van der Waals surface area contributed by atoms with Crippen LogP contribution in [-0.4, -0.2) is 31.1 Å². The Morgan fingerprint density at radius 2 is 2.14 bits per heavy atom. The summed E-state index contributed by atoms with van der Waals surface area (Å²) in [5, 5.41) is 3.34. The Morgan fingerprint density at radius 3 is 2.90 bits per heavy atom. The lowest BCUT2D eigenvalue weighted by Gasteiger charge is -2.22. The molecule has 1 N–H and O–H groups in total. The van der Waals surface area contributed by atoms with Crippen molar-refractivity contribution in [2.24, 2.45) is 0 Å². The van der Waals surface area contributed by atoms with Crippen molar-refractivity contribution in [3.05, 3.63) is 42.4 Å². The van der Waals surface area contributed by atoms with Crippen LogP contribution in [-0.2, 0) is 23.1 Å².